The lowest BCUT2D eigenvalue weighted by Crippen LogP contribution is -2.13. The summed E-state index contributed by atoms with van der Waals surface area (Å²) in [7, 11) is 0. The van der Waals surface area contributed by atoms with Gasteiger partial charge in [0.25, 0.3) is 0 Å². The summed E-state index contributed by atoms with van der Waals surface area (Å²) >= 11 is 3.19. The van der Waals surface area contributed by atoms with Gasteiger partial charge in [-0.25, -0.2) is 4.39 Å². The van der Waals surface area contributed by atoms with Gasteiger partial charge in [-0.2, -0.15) is 0 Å². The standard InChI is InChI=1S/C16H14BrFO3/c1-2-20-15-6-4-3-5-12(15)14(19)10-21-16-8-7-11(18)9-13(16)17/h3-9H,2,10H2,1H3. The zero-order valence-corrected chi connectivity index (χ0v) is 13.0. The highest BCUT2D eigenvalue weighted by Gasteiger charge is 2.13. The Labute approximate surface area is 130 Å². The fraction of sp³-hybridized carbons (Fsp3) is 0.188. The Hall–Kier alpha value is -1.88. The van der Waals surface area contributed by atoms with Gasteiger partial charge in [0, 0.05) is 0 Å². The minimum absolute atomic E-state index is 0.145. The number of hydrogen-bond acceptors (Lipinski definition) is 3. The number of Topliss-reactive ketones (excluding diaryl/α,β-unsaturated/α-hetero) is 1. The molecule has 0 atom stereocenters. The largest absolute Gasteiger partial charge is 0.493 e. The molecule has 3 nitrogen and oxygen atoms in total. The molecule has 0 aliphatic heterocycles. The summed E-state index contributed by atoms with van der Waals surface area (Å²) in [6, 6.07) is 11.0. The summed E-state index contributed by atoms with van der Waals surface area (Å²) in [6.07, 6.45) is 0. The molecule has 0 fully saturated rings. The van der Waals surface area contributed by atoms with Crippen LogP contribution in [-0.2, 0) is 0 Å². The molecule has 2 aromatic carbocycles. The van der Waals surface area contributed by atoms with Crippen molar-refractivity contribution in [2.75, 3.05) is 13.2 Å². The van der Waals surface area contributed by atoms with E-state index < -0.39 is 0 Å². The average molecular weight is 353 g/mol. The van der Waals surface area contributed by atoms with Crippen LogP contribution in [0.4, 0.5) is 4.39 Å². The van der Waals surface area contributed by atoms with E-state index in [9.17, 15) is 9.18 Å². The van der Waals surface area contributed by atoms with Gasteiger partial charge in [-0.3, -0.25) is 4.79 Å². The van der Waals surface area contributed by atoms with E-state index in [2.05, 4.69) is 15.9 Å². The van der Waals surface area contributed by atoms with Crippen LogP contribution in [0.2, 0.25) is 0 Å². The van der Waals surface area contributed by atoms with Crippen LogP contribution in [0.15, 0.2) is 46.9 Å². The predicted octanol–water partition coefficient (Wildman–Crippen LogP) is 4.25. The van der Waals surface area contributed by atoms with Crippen LogP contribution in [0.1, 0.15) is 17.3 Å². The number of benzene rings is 2. The van der Waals surface area contributed by atoms with Crippen LogP contribution >= 0.6 is 15.9 Å². The molecular weight excluding hydrogens is 339 g/mol. The fourth-order valence-electron chi connectivity index (χ4n) is 1.79. The van der Waals surface area contributed by atoms with Crippen molar-refractivity contribution in [1.29, 1.82) is 0 Å². The molecule has 0 saturated heterocycles. The Bertz CT molecular complexity index is 643. The molecule has 21 heavy (non-hydrogen) atoms. The highest BCUT2D eigenvalue weighted by atomic mass is 79.9. The van der Waals surface area contributed by atoms with Crippen LogP contribution in [0.25, 0.3) is 0 Å². The van der Waals surface area contributed by atoms with Crippen molar-refractivity contribution >= 4 is 21.7 Å². The number of carbonyl (C=O) groups is 1. The van der Waals surface area contributed by atoms with Crippen molar-refractivity contribution < 1.29 is 18.7 Å². The van der Waals surface area contributed by atoms with Gasteiger partial charge in [0.2, 0.25) is 5.78 Å². The number of ether oxygens (including phenoxy) is 2. The third-order valence-corrected chi connectivity index (χ3v) is 3.36. The highest BCUT2D eigenvalue weighted by molar-refractivity contribution is 9.10. The van der Waals surface area contributed by atoms with Crippen molar-refractivity contribution in [3.8, 4) is 11.5 Å². The van der Waals surface area contributed by atoms with Gasteiger partial charge in [0.05, 0.1) is 16.6 Å². The Kier molecular flexibility index (Phi) is 5.33. The topological polar surface area (TPSA) is 35.5 Å². The van der Waals surface area contributed by atoms with Crippen molar-refractivity contribution in [2.45, 2.75) is 6.92 Å². The summed E-state index contributed by atoms with van der Waals surface area (Å²) in [5.41, 5.74) is 0.470. The van der Waals surface area contributed by atoms with E-state index in [0.717, 1.165) is 0 Å². The molecular formula is C16H14BrFO3. The lowest BCUT2D eigenvalue weighted by Gasteiger charge is -2.10. The maximum Gasteiger partial charge on any atom is 0.203 e. The van der Waals surface area contributed by atoms with Crippen LogP contribution in [0.5, 0.6) is 11.5 Å². The van der Waals surface area contributed by atoms with Gasteiger partial charge >= 0.3 is 0 Å². The van der Waals surface area contributed by atoms with E-state index >= 15 is 0 Å². The summed E-state index contributed by atoms with van der Waals surface area (Å²) < 4.78 is 24.3. The highest BCUT2D eigenvalue weighted by Crippen LogP contribution is 2.26. The van der Waals surface area contributed by atoms with Crippen LogP contribution in [0.3, 0.4) is 0 Å². The summed E-state index contributed by atoms with van der Waals surface area (Å²) in [4.78, 5) is 12.2. The second-order valence-electron chi connectivity index (χ2n) is 4.22. The van der Waals surface area contributed by atoms with E-state index in [1.54, 1.807) is 24.3 Å². The maximum atomic E-state index is 13.0. The smallest absolute Gasteiger partial charge is 0.203 e. The number of para-hydroxylation sites is 1. The molecule has 0 amide bonds. The first-order chi connectivity index (χ1) is 10.1. The Morgan fingerprint density at radius 2 is 1.90 bits per heavy atom. The molecule has 0 bridgehead atoms. The average Bonchev–Trinajstić information content (AvgIpc) is 2.47. The third kappa shape index (κ3) is 4.04. The minimum atomic E-state index is -0.373. The lowest BCUT2D eigenvalue weighted by atomic mass is 10.1. The third-order valence-electron chi connectivity index (χ3n) is 2.74. The van der Waals surface area contributed by atoms with Crippen molar-refractivity contribution in [1.82, 2.24) is 0 Å². The molecule has 0 N–H and O–H groups in total. The molecule has 110 valence electrons. The van der Waals surface area contributed by atoms with E-state index in [-0.39, 0.29) is 18.2 Å². The summed E-state index contributed by atoms with van der Waals surface area (Å²) in [5, 5.41) is 0. The Morgan fingerprint density at radius 1 is 1.14 bits per heavy atom. The van der Waals surface area contributed by atoms with Gasteiger partial charge in [0.15, 0.2) is 6.61 Å². The molecule has 0 saturated carbocycles. The number of halogens is 2. The summed E-state index contributed by atoms with van der Waals surface area (Å²) in [6.45, 7) is 2.19. The number of ketones is 1. The zero-order chi connectivity index (χ0) is 15.2. The number of rotatable bonds is 6. The predicted molar refractivity (Wildman–Crippen MR) is 81.5 cm³/mol. The van der Waals surface area contributed by atoms with E-state index in [1.165, 1.54) is 18.2 Å². The van der Waals surface area contributed by atoms with Crippen LogP contribution in [-0.4, -0.2) is 19.0 Å². The molecule has 0 spiro atoms. The molecule has 0 aliphatic carbocycles. The first-order valence-corrected chi connectivity index (χ1v) is 7.24. The van der Waals surface area contributed by atoms with Gasteiger partial charge in [-0.05, 0) is 53.2 Å². The normalized spacial score (nSPS) is 10.2. The van der Waals surface area contributed by atoms with Crippen LogP contribution < -0.4 is 9.47 Å². The van der Waals surface area contributed by atoms with E-state index in [1.807, 2.05) is 6.92 Å². The molecule has 2 aromatic rings. The molecule has 0 aliphatic rings. The minimum Gasteiger partial charge on any atom is -0.493 e. The molecule has 5 heteroatoms. The van der Waals surface area contributed by atoms with Gasteiger partial charge in [-0.15, -0.1) is 0 Å². The SMILES string of the molecule is CCOc1ccccc1C(=O)COc1ccc(F)cc1Br. The van der Waals surface area contributed by atoms with Crippen LogP contribution in [0, 0.1) is 5.82 Å². The lowest BCUT2D eigenvalue weighted by molar-refractivity contribution is 0.0917. The zero-order valence-electron chi connectivity index (χ0n) is 11.4. The van der Waals surface area contributed by atoms with Crippen molar-refractivity contribution in [3.63, 3.8) is 0 Å². The molecule has 0 heterocycles. The first kappa shape index (κ1) is 15.5. The quantitative estimate of drug-likeness (QED) is 0.729. The number of carbonyl (C=O) groups excluding carboxylic acids is 1. The monoisotopic (exact) mass is 352 g/mol. The van der Waals surface area contributed by atoms with E-state index in [4.69, 9.17) is 9.47 Å². The Balaban J connectivity index is 2.08. The molecule has 2 rings (SSSR count). The Morgan fingerprint density at radius 3 is 2.62 bits per heavy atom. The van der Waals surface area contributed by atoms with E-state index in [0.29, 0.717) is 28.1 Å². The second-order valence-corrected chi connectivity index (χ2v) is 5.07. The van der Waals surface area contributed by atoms with Gasteiger partial charge < -0.3 is 9.47 Å². The second kappa shape index (κ2) is 7.22. The maximum absolute atomic E-state index is 13.0. The molecule has 0 aromatic heterocycles. The number of hydrogen-bond donors (Lipinski definition) is 0. The summed E-state index contributed by atoms with van der Waals surface area (Å²) in [5.74, 6) is 0.378. The van der Waals surface area contributed by atoms with Crippen molar-refractivity contribution in [3.05, 3.63) is 58.3 Å². The van der Waals surface area contributed by atoms with Crippen molar-refractivity contribution in [2.24, 2.45) is 0 Å². The fourth-order valence-corrected chi connectivity index (χ4v) is 2.26. The first-order valence-electron chi connectivity index (χ1n) is 6.44. The van der Waals surface area contributed by atoms with Gasteiger partial charge in [0.1, 0.15) is 17.3 Å². The molecule has 0 radical (unpaired) electrons. The van der Waals surface area contributed by atoms with Gasteiger partial charge in [-0.1, -0.05) is 12.1 Å². The molecule has 0 unspecified atom stereocenters.